The highest BCUT2D eigenvalue weighted by Gasteiger charge is 2.36. The number of hydrogen-bond donors (Lipinski definition) is 1. The van der Waals surface area contributed by atoms with E-state index in [2.05, 4.69) is 28.0 Å². The van der Waals surface area contributed by atoms with Gasteiger partial charge in [-0.05, 0) is 49.0 Å². The minimum atomic E-state index is -0.666. The van der Waals surface area contributed by atoms with E-state index in [1.807, 2.05) is 11.6 Å². The summed E-state index contributed by atoms with van der Waals surface area (Å²) in [5.41, 5.74) is 1.42. The Morgan fingerprint density at radius 1 is 1.58 bits per heavy atom. The van der Waals surface area contributed by atoms with Gasteiger partial charge in [-0.15, -0.1) is 0 Å². The lowest BCUT2D eigenvalue weighted by molar-refractivity contribution is -0.0591. The second-order valence-electron chi connectivity index (χ2n) is 5.52. The molecule has 1 aliphatic rings. The van der Waals surface area contributed by atoms with Crippen molar-refractivity contribution in [2.45, 2.75) is 64.2 Å². The highest BCUT2D eigenvalue weighted by Crippen LogP contribution is 2.35. The smallest absolute Gasteiger partial charge is 0.0738 e. The molecule has 2 atom stereocenters. The number of methoxy groups -OCH3 is 1. The molecular weight excluding hydrogens is 308 g/mol. The summed E-state index contributed by atoms with van der Waals surface area (Å²) < 4.78 is 8.43. The number of nitrogens with zero attached hydrogens (tertiary/aromatic N) is 2. The van der Waals surface area contributed by atoms with Gasteiger partial charge in [-0.1, -0.05) is 0 Å². The number of ether oxygens (including phenoxy) is 1. The summed E-state index contributed by atoms with van der Waals surface area (Å²) in [5, 5.41) is 15.3. The molecule has 4 nitrogen and oxygen atoms in total. The first-order valence-corrected chi connectivity index (χ1v) is 7.75. The second-order valence-corrected chi connectivity index (χ2v) is 6.31. The summed E-state index contributed by atoms with van der Waals surface area (Å²) in [7, 11) is 1.73. The van der Waals surface area contributed by atoms with Gasteiger partial charge >= 0.3 is 0 Å². The van der Waals surface area contributed by atoms with Gasteiger partial charge < -0.3 is 9.84 Å². The largest absolute Gasteiger partial charge is 0.389 e. The molecule has 0 aromatic carbocycles. The highest BCUT2D eigenvalue weighted by molar-refractivity contribution is 9.10. The summed E-state index contributed by atoms with van der Waals surface area (Å²) in [6.45, 7) is 4.89. The van der Waals surface area contributed by atoms with Crippen molar-refractivity contribution >= 4 is 15.9 Å². The van der Waals surface area contributed by atoms with Crippen molar-refractivity contribution in [3.05, 3.63) is 15.9 Å². The fraction of sp³-hybridized carbons (Fsp3) is 0.786. The van der Waals surface area contributed by atoms with E-state index >= 15 is 0 Å². The Labute approximate surface area is 123 Å². The molecule has 2 rings (SSSR count). The van der Waals surface area contributed by atoms with Crippen LogP contribution in [-0.2, 0) is 17.7 Å². The monoisotopic (exact) mass is 330 g/mol. The first kappa shape index (κ1) is 15.0. The Morgan fingerprint density at radius 3 is 2.95 bits per heavy atom. The average Bonchev–Trinajstić information content (AvgIpc) is 2.66. The summed E-state index contributed by atoms with van der Waals surface area (Å²) in [5.74, 6) is 0. The molecule has 1 aromatic rings. The lowest BCUT2D eigenvalue weighted by atomic mass is 9.80. The topological polar surface area (TPSA) is 47.3 Å². The van der Waals surface area contributed by atoms with Crippen molar-refractivity contribution in [3.8, 4) is 0 Å². The van der Waals surface area contributed by atoms with E-state index in [1.165, 1.54) is 0 Å². The van der Waals surface area contributed by atoms with E-state index in [9.17, 15) is 5.11 Å². The molecule has 0 amide bonds. The van der Waals surface area contributed by atoms with E-state index in [4.69, 9.17) is 4.74 Å². The molecule has 1 heterocycles. The van der Waals surface area contributed by atoms with Gasteiger partial charge in [-0.3, -0.25) is 4.68 Å². The van der Waals surface area contributed by atoms with Gasteiger partial charge in [-0.25, -0.2) is 0 Å². The van der Waals surface area contributed by atoms with Crippen LogP contribution < -0.4 is 0 Å². The van der Waals surface area contributed by atoms with Crippen molar-refractivity contribution < 1.29 is 9.84 Å². The van der Waals surface area contributed by atoms with Crippen molar-refractivity contribution in [2.24, 2.45) is 0 Å². The van der Waals surface area contributed by atoms with Crippen molar-refractivity contribution in [3.63, 3.8) is 0 Å². The Balaban J connectivity index is 2.20. The molecule has 1 saturated carbocycles. The van der Waals surface area contributed by atoms with Crippen LogP contribution in [0, 0.1) is 6.92 Å². The maximum atomic E-state index is 10.8. The minimum Gasteiger partial charge on any atom is -0.389 e. The highest BCUT2D eigenvalue weighted by atomic mass is 79.9. The molecule has 108 valence electrons. The van der Waals surface area contributed by atoms with Crippen molar-refractivity contribution in [1.82, 2.24) is 9.78 Å². The van der Waals surface area contributed by atoms with Crippen LogP contribution in [0.5, 0.6) is 0 Å². The van der Waals surface area contributed by atoms with Crippen LogP contribution in [0.2, 0.25) is 0 Å². The second kappa shape index (κ2) is 5.94. The van der Waals surface area contributed by atoms with Crippen LogP contribution in [0.15, 0.2) is 4.47 Å². The van der Waals surface area contributed by atoms with E-state index in [0.717, 1.165) is 41.7 Å². The number of aromatic nitrogens is 2. The average molecular weight is 331 g/mol. The molecule has 2 unspecified atom stereocenters. The third-order valence-corrected chi connectivity index (χ3v) is 5.09. The summed E-state index contributed by atoms with van der Waals surface area (Å²) in [6, 6.07) is 0. The lowest BCUT2D eigenvalue weighted by Gasteiger charge is -2.36. The zero-order valence-corrected chi connectivity index (χ0v) is 13.5. The number of aryl methyl sites for hydroxylation is 2. The van der Waals surface area contributed by atoms with Gasteiger partial charge in [0.05, 0.1) is 27.6 Å². The first-order chi connectivity index (χ1) is 8.99. The summed E-state index contributed by atoms with van der Waals surface area (Å²) in [6.07, 6.45) is 4.44. The number of rotatable bonds is 4. The van der Waals surface area contributed by atoms with E-state index in [1.54, 1.807) is 7.11 Å². The first-order valence-electron chi connectivity index (χ1n) is 6.96. The normalized spacial score (nSPS) is 27.7. The summed E-state index contributed by atoms with van der Waals surface area (Å²) in [4.78, 5) is 0. The molecule has 0 bridgehead atoms. The van der Waals surface area contributed by atoms with Gasteiger partial charge in [0.15, 0.2) is 0 Å². The molecule has 1 N–H and O–H groups in total. The Kier molecular flexibility index (Phi) is 4.69. The molecular formula is C14H23BrN2O2. The van der Waals surface area contributed by atoms with E-state index < -0.39 is 5.60 Å². The Hall–Kier alpha value is -0.390. The predicted molar refractivity (Wildman–Crippen MR) is 78.3 cm³/mol. The van der Waals surface area contributed by atoms with Crippen LogP contribution in [0.4, 0.5) is 0 Å². The molecule has 0 radical (unpaired) electrons. The standard InChI is InChI=1S/C14H23BrN2O2/c1-4-17-12(13(15)10(2)16-17)9-14(18)7-5-6-11(8-14)19-3/h11,18H,4-9H2,1-3H3. The maximum Gasteiger partial charge on any atom is 0.0738 e. The van der Waals surface area contributed by atoms with Gasteiger partial charge in [-0.2, -0.15) is 5.10 Å². The van der Waals surface area contributed by atoms with Crippen LogP contribution in [0.3, 0.4) is 0 Å². The molecule has 1 aliphatic carbocycles. The summed E-state index contributed by atoms with van der Waals surface area (Å²) >= 11 is 3.60. The Morgan fingerprint density at radius 2 is 2.32 bits per heavy atom. The third kappa shape index (κ3) is 3.20. The minimum absolute atomic E-state index is 0.177. The molecule has 1 fully saturated rings. The number of aliphatic hydroxyl groups is 1. The van der Waals surface area contributed by atoms with E-state index in [-0.39, 0.29) is 6.10 Å². The molecule has 0 aliphatic heterocycles. The molecule has 0 spiro atoms. The third-order valence-electron chi connectivity index (χ3n) is 4.06. The molecule has 1 aromatic heterocycles. The SMILES string of the molecule is CCn1nc(C)c(Br)c1CC1(O)CCCC(OC)C1. The van der Waals surface area contributed by atoms with Crippen LogP contribution in [0.25, 0.3) is 0 Å². The van der Waals surface area contributed by atoms with Crippen LogP contribution >= 0.6 is 15.9 Å². The van der Waals surface area contributed by atoms with Gasteiger partial charge in [0, 0.05) is 26.5 Å². The van der Waals surface area contributed by atoms with Crippen molar-refractivity contribution in [1.29, 1.82) is 0 Å². The number of hydrogen-bond acceptors (Lipinski definition) is 3. The molecule has 19 heavy (non-hydrogen) atoms. The molecule has 0 saturated heterocycles. The van der Waals surface area contributed by atoms with Crippen molar-refractivity contribution in [2.75, 3.05) is 7.11 Å². The fourth-order valence-electron chi connectivity index (χ4n) is 3.00. The Bertz CT molecular complexity index is 447. The van der Waals surface area contributed by atoms with Crippen LogP contribution in [0.1, 0.15) is 44.0 Å². The zero-order valence-electron chi connectivity index (χ0n) is 11.9. The van der Waals surface area contributed by atoms with Gasteiger partial charge in [0.1, 0.15) is 0 Å². The fourth-order valence-corrected chi connectivity index (χ4v) is 3.42. The van der Waals surface area contributed by atoms with Gasteiger partial charge in [0.25, 0.3) is 0 Å². The predicted octanol–water partition coefficient (Wildman–Crippen LogP) is 2.84. The quantitative estimate of drug-likeness (QED) is 0.923. The number of halogens is 1. The van der Waals surface area contributed by atoms with Crippen LogP contribution in [-0.4, -0.2) is 33.7 Å². The lowest BCUT2D eigenvalue weighted by Crippen LogP contribution is -2.40. The van der Waals surface area contributed by atoms with Gasteiger partial charge in [0.2, 0.25) is 0 Å². The molecule has 5 heteroatoms. The van der Waals surface area contributed by atoms with E-state index in [0.29, 0.717) is 12.8 Å². The maximum absolute atomic E-state index is 10.8. The zero-order chi connectivity index (χ0) is 14.0.